The van der Waals surface area contributed by atoms with Gasteiger partial charge in [-0.05, 0) is 37.1 Å². The third-order valence-corrected chi connectivity index (χ3v) is 3.56. The van der Waals surface area contributed by atoms with Crippen molar-refractivity contribution in [2.75, 3.05) is 6.61 Å². The molecule has 0 N–H and O–H groups in total. The molecule has 0 saturated carbocycles. The van der Waals surface area contributed by atoms with Gasteiger partial charge in [0.05, 0.1) is 12.1 Å². The van der Waals surface area contributed by atoms with Crippen molar-refractivity contribution in [2.45, 2.75) is 19.9 Å². The average molecular weight is 265 g/mol. The second-order valence-electron chi connectivity index (χ2n) is 4.87. The first-order chi connectivity index (χ1) is 9.88. The maximum atomic E-state index is 5.68. The van der Waals surface area contributed by atoms with Crippen LogP contribution >= 0.6 is 0 Å². The zero-order chi connectivity index (χ0) is 13.8. The number of hydrogen-bond acceptors (Lipinski definition) is 1. The lowest BCUT2D eigenvalue weighted by molar-refractivity contribution is 0.344. The largest absolute Gasteiger partial charge is 0.493 e. The van der Waals surface area contributed by atoms with E-state index in [0.29, 0.717) is 6.61 Å². The summed E-state index contributed by atoms with van der Waals surface area (Å²) in [5.41, 5.74) is 2.61. The summed E-state index contributed by atoms with van der Waals surface area (Å²) in [6, 6.07) is 19.0. The van der Waals surface area contributed by atoms with Crippen molar-refractivity contribution in [3.05, 3.63) is 66.4 Å². The van der Waals surface area contributed by atoms with Gasteiger partial charge in [-0.25, -0.2) is 0 Å². The zero-order valence-corrected chi connectivity index (χ0v) is 11.8. The van der Waals surface area contributed by atoms with E-state index in [1.807, 2.05) is 13.0 Å². The number of fused-ring (bicyclic) bond motifs is 1. The second kappa shape index (κ2) is 5.83. The first-order valence-corrected chi connectivity index (χ1v) is 7.13. The molecule has 2 heteroatoms. The standard InChI is InChI=1S/C18H19NO/c1-2-20-18-10-6-9-17-16(18)12-14-19(17)13-11-15-7-4-3-5-8-15/h3-10,12,14H,2,11,13H2,1H3. The Morgan fingerprint density at radius 2 is 1.80 bits per heavy atom. The summed E-state index contributed by atoms with van der Waals surface area (Å²) in [5, 5.41) is 1.20. The fourth-order valence-corrected chi connectivity index (χ4v) is 2.57. The van der Waals surface area contributed by atoms with Gasteiger partial charge in [0.15, 0.2) is 0 Å². The molecule has 2 nitrogen and oxygen atoms in total. The van der Waals surface area contributed by atoms with E-state index in [0.717, 1.165) is 18.7 Å². The molecule has 0 saturated heterocycles. The van der Waals surface area contributed by atoms with E-state index in [4.69, 9.17) is 4.74 Å². The highest BCUT2D eigenvalue weighted by Crippen LogP contribution is 2.26. The van der Waals surface area contributed by atoms with Gasteiger partial charge < -0.3 is 9.30 Å². The van der Waals surface area contributed by atoms with Gasteiger partial charge in [0.25, 0.3) is 0 Å². The SMILES string of the molecule is CCOc1cccc2c1ccn2CCc1ccccc1. The number of hydrogen-bond donors (Lipinski definition) is 0. The average Bonchev–Trinajstić information content (AvgIpc) is 2.91. The molecule has 0 aliphatic carbocycles. The molecular formula is C18H19NO. The third-order valence-electron chi connectivity index (χ3n) is 3.56. The van der Waals surface area contributed by atoms with E-state index < -0.39 is 0 Å². The van der Waals surface area contributed by atoms with Crippen molar-refractivity contribution in [3.8, 4) is 5.75 Å². The van der Waals surface area contributed by atoms with Crippen LogP contribution in [0.25, 0.3) is 10.9 Å². The first-order valence-electron chi connectivity index (χ1n) is 7.13. The Hall–Kier alpha value is -2.22. The van der Waals surface area contributed by atoms with Gasteiger partial charge in [-0.15, -0.1) is 0 Å². The molecule has 2 aromatic carbocycles. The monoisotopic (exact) mass is 265 g/mol. The van der Waals surface area contributed by atoms with Crippen LogP contribution in [0.5, 0.6) is 5.75 Å². The summed E-state index contributed by atoms with van der Waals surface area (Å²) in [7, 11) is 0. The van der Waals surface area contributed by atoms with Crippen LogP contribution in [0.2, 0.25) is 0 Å². The van der Waals surface area contributed by atoms with E-state index in [1.165, 1.54) is 16.5 Å². The highest BCUT2D eigenvalue weighted by molar-refractivity contribution is 5.86. The zero-order valence-electron chi connectivity index (χ0n) is 11.8. The number of aryl methyl sites for hydroxylation is 2. The Bertz CT molecular complexity index is 685. The van der Waals surface area contributed by atoms with Crippen LogP contribution in [0.4, 0.5) is 0 Å². The summed E-state index contributed by atoms with van der Waals surface area (Å²) in [6.07, 6.45) is 3.19. The summed E-state index contributed by atoms with van der Waals surface area (Å²) in [6.45, 7) is 3.71. The van der Waals surface area contributed by atoms with Gasteiger partial charge in [0.2, 0.25) is 0 Å². The Kier molecular flexibility index (Phi) is 3.73. The highest BCUT2D eigenvalue weighted by Gasteiger charge is 2.06. The molecule has 0 atom stereocenters. The fraction of sp³-hybridized carbons (Fsp3) is 0.222. The Balaban J connectivity index is 1.84. The summed E-state index contributed by atoms with van der Waals surface area (Å²) >= 11 is 0. The van der Waals surface area contributed by atoms with E-state index in [2.05, 4.69) is 59.3 Å². The van der Waals surface area contributed by atoms with Crippen LogP contribution in [0.15, 0.2) is 60.8 Å². The summed E-state index contributed by atoms with van der Waals surface area (Å²) < 4.78 is 7.98. The van der Waals surface area contributed by atoms with Gasteiger partial charge >= 0.3 is 0 Å². The lowest BCUT2D eigenvalue weighted by atomic mass is 10.1. The summed E-state index contributed by atoms with van der Waals surface area (Å²) in [4.78, 5) is 0. The Morgan fingerprint density at radius 1 is 0.950 bits per heavy atom. The van der Waals surface area contributed by atoms with Gasteiger partial charge in [-0.3, -0.25) is 0 Å². The van der Waals surface area contributed by atoms with Crippen molar-refractivity contribution in [1.29, 1.82) is 0 Å². The van der Waals surface area contributed by atoms with E-state index in [-0.39, 0.29) is 0 Å². The smallest absolute Gasteiger partial charge is 0.128 e. The molecule has 0 aliphatic rings. The van der Waals surface area contributed by atoms with Crippen LogP contribution in [-0.4, -0.2) is 11.2 Å². The molecule has 1 heterocycles. The quantitative estimate of drug-likeness (QED) is 0.671. The number of nitrogens with zero attached hydrogens (tertiary/aromatic N) is 1. The molecule has 1 aromatic heterocycles. The van der Waals surface area contributed by atoms with Crippen LogP contribution in [0, 0.1) is 0 Å². The predicted molar refractivity (Wildman–Crippen MR) is 83.3 cm³/mol. The summed E-state index contributed by atoms with van der Waals surface area (Å²) in [5.74, 6) is 0.975. The molecule has 0 unspecified atom stereocenters. The molecule has 20 heavy (non-hydrogen) atoms. The fourth-order valence-electron chi connectivity index (χ4n) is 2.57. The molecule has 0 spiro atoms. The van der Waals surface area contributed by atoms with Crippen molar-refractivity contribution >= 4 is 10.9 Å². The van der Waals surface area contributed by atoms with Crippen molar-refractivity contribution < 1.29 is 4.74 Å². The molecule has 0 amide bonds. The van der Waals surface area contributed by atoms with Gasteiger partial charge in [-0.1, -0.05) is 36.4 Å². The molecule has 0 bridgehead atoms. The third kappa shape index (κ3) is 2.55. The normalized spacial score (nSPS) is 10.8. The molecule has 0 fully saturated rings. The van der Waals surface area contributed by atoms with Crippen molar-refractivity contribution in [1.82, 2.24) is 4.57 Å². The van der Waals surface area contributed by atoms with Crippen molar-refractivity contribution in [2.24, 2.45) is 0 Å². The van der Waals surface area contributed by atoms with Crippen LogP contribution in [-0.2, 0) is 13.0 Å². The Labute approximate surface area is 119 Å². The predicted octanol–water partition coefficient (Wildman–Crippen LogP) is 4.28. The molecule has 3 aromatic rings. The molecular weight excluding hydrogens is 246 g/mol. The van der Waals surface area contributed by atoms with Gasteiger partial charge in [-0.2, -0.15) is 0 Å². The second-order valence-corrected chi connectivity index (χ2v) is 4.87. The van der Waals surface area contributed by atoms with Crippen LogP contribution < -0.4 is 4.74 Å². The van der Waals surface area contributed by atoms with Crippen LogP contribution in [0.1, 0.15) is 12.5 Å². The number of aromatic nitrogens is 1. The molecule has 0 aliphatic heterocycles. The maximum Gasteiger partial charge on any atom is 0.128 e. The van der Waals surface area contributed by atoms with Crippen molar-refractivity contribution in [3.63, 3.8) is 0 Å². The van der Waals surface area contributed by atoms with E-state index in [9.17, 15) is 0 Å². The minimum atomic E-state index is 0.703. The van der Waals surface area contributed by atoms with Gasteiger partial charge in [0.1, 0.15) is 5.75 Å². The van der Waals surface area contributed by atoms with E-state index in [1.54, 1.807) is 0 Å². The number of ether oxygens (including phenoxy) is 1. The lowest BCUT2D eigenvalue weighted by Crippen LogP contribution is -1.99. The topological polar surface area (TPSA) is 14.2 Å². The minimum Gasteiger partial charge on any atom is -0.493 e. The van der Waals surface area contributed by atoms with Crippen LogP contribution in [0.3, 0.4) is 0 Å². The number of benzene rings is 2. The highest BCUT2D eigenvalue weighted by atomic mass is 16.5. The molecule has 102 valence electrons. The van der Waals surface area contributed by atoms with Gasteiger partial charge in [0, 0.05) is 18.1 Å². The van der Waals surface area contributed by atoms with E-state index >= 15 is 0 Å². The lowest BCUT2D eigenvalue weighted by Gasteiger charge is -2.08. The first kappa shape index (κ1) is 12.8. The molecule has 0 radical (unpaired) electrons. The minimum absolute atomic E-state index is 0.703. The number of rotatable bonds is 5. The Morgan fingerprint density at radius 3 is 2.60 bits per heavy atom. The molecule has 3 rings (SSSR count). The maximum absolute atomic E-state index is 5.68.